The molecule has 132 valence electrons. The molecule has 0 aromatic heterocycles. The maximum absolute atomic E-state index is 12.8. The molecule has 1 aliphatic carbocycles. The highest BCUT2D eigenvalue weighted by molar-refractivity contribution is 8.01. The molecule has 2 fully saturated rings. The van der Waals surface area contributed by atoms with Gasteiger partial charge in [0.15, 0.2) is 0 Å². The van der Waals surface area contributed by atoms with E-state index in [0.29, 0.717) is 12.2 Å². The van der Waals surface area contributed by atoms with Crippen molar-refractivity contribution < 1.29 is 9.59 Å². The lowest BCUT2D eigenvalue weighted by Crippen LogP contribution is -2.48. The maximum atomic E-state index is 12.8. The van der Waals surface area contributed by atoms with Crippen LogP contribution in [0.1, 0.15) is 30.9 Å². The van der Waals surface area contributed by atoms with Crippen LogP contribution in [-0.2, 0) is 16.0 Å². The second-order valence-electron chi connectivity index (χ2n) is 7.46. The number of carbonyl (C=O) groups is 2. The highest BCUT2D eigenvalue weighted by Gasteiger charge is 2.52. The zero-order valence-electron chi connectivity index (χ0n) is 14.6. The lowest BCUT2D eigenvalue weighted by Gasteiger charge is -2.29. The summed E-state index contributed by atoms with van der Waals surface area (Å²) in [7, 11) is 0. The van der Waals surface area contributed by atoms with Crippen LogP contribution in [0.25, 0.3) is 11.1 Å². The number of nitrogens with one attached hydrogen (secondary N) is 1. The molecule has 2 unspecified atom stereocenters. The van der Waals surface area contributed by atoms with Crippen LogP contribution >= 0.6 is 11.8 Å². The lowest BCUT2D eigenvalue weighted by atomic mass is 10.1. The van der Waals surface area contributed by atoms with E-state index in [2.05, 4.69) is 48.6 Å². The zero-order chi connectivity index (χ0) is 17.9. The van der Waals surface area contributed by atoms with Crippen LogP contribution in [0, 0.1) is 0 Å². The van der Waals surface area contributed by atoms with Crippen LogP contribution in [-0.4, -0.2) is 33.4 Å². The minimum absolute atomic E-state index is 0.0769. The van der Waals surface area contributed by atoms with E-state index in [1.807, 2.05) is 6.07 Å². The molecule has 2 amide bonds. The van der Waals surface area contributed by atoms with Crippen molar-refractivity contribution in [2.45, 2.75) is 37.1 Å². The van der Waals surface area contributed by atoms with Gasteiger partial charge in [-0.2, -0.15) is 0 Å². The summed E-state index contributed by atoms with van der Waals surface area (Å²) >= 11 is 1.72. The number of fused-ring (bicyclic) bond motifs is 4. The van der Waals surface area contributed by atoms with Gasteiger partial charge in [-0.25, -0.2) is 0 Å². The lowest BCUT2D eigenvalue weighted by molar-refractivity contribution is -0.135. The zero-order valence-corrected chi connectivity index (χ0v) is 15.4. The maximum Gasteiger partial charge on any atom is 0.248 e. The van der Waals surface area contributed by atoms with Gasteiger partial charge in [0.25, 0.3) is 0 Å². The fourth-order valence-corrected chi connectivity index (χ4v) is 5.90. The first-order valence-corrected chi connectivity index (χ1v) is 10.0. The van der Waals surface area contributed by atoms with Gasteiger partial charge in [0.1, 0.15) is 6.04 Å². The predicted molar refractivity (Wildman–Crippen MR) is 104 cm³/mol. The Kier molecular flexibility index (Phi) is 3.44. The molecule has 2 aromatic carbocycles. The van der Waals surface area contributed by atoms with E-state index in [1.54, 1.807) is 16.7 Å². The van der Waals surface area contributed by atoms with Crippen molar-refractivity contribution in [3.05, 3.63) is 53.6 Å². The van der Waals surface area contributed by atoms with Crippen molar-refractivity contribution in [1.29, 1.82) is 0 Å². The SMILES string of the molecule is CC12CCC(=O)N1C(C(=O)Nc1ccc3c(c1)Cc1ccccc1-3)CS2. The average Bonchev–Trinajstić information content (AvgIpc) is 3.25. The normalized spacial score (nSPS) is 25.8. The molecule has 2 aromatic rings. The smallest absolute Gasteiger partial charge is 0.248 e. The molecule has 4 nitrogen and oxygen atoms in total. The number of hydrogen-bond donors (Lipinski definition) is 1. The molecule has 5 heteroatoms. The second-order valence-corrected chi connectivity index (χ2v) is 8.96. The van der Waals surface area contributed by atoms with Crippen LogP contribution in [0.4, 0.5) is 5.69 Å². The van der Waals surface area contributed by atoms with E-state index in [9.17, 15) is 9.59 Å². The van der Waals surface area contributed by atoms with E-state index in [0.717, 1.165) is 18.5 Å². The fourth-order valence-electron chi connectivity index (χ4n) is 4.46. The molecule has 0 radical (unpaired) electrons. The largest absolute Gasteiger partial charge is 0.324 e. The number of nitrogens with zero attached hydrogens (tertiary/aromatic N) is 1. The number of amides is 2. The molecule has 0 saturated carbocycles. The molecular weight excluding hydrogens is 344 g/mol. The topological polar surface area (TPSA) is 49.4 Å². The summed E-state index contributed by atoms with van der Waals surface area (Å²) < 4.78 is 0. The van der Waals surface area contributed by atoms with Gasteiger partial charge in [-0.3, -0.25) is 9.59 Å². The molecule has 0 spiro atoms. The Hall–Kier alpha value is -2.27. The third-order valence-electron chi connectivity index (χ3n) is 5.81. The Balaban J connectivity index is 1.37. The first-order chi connectivity index (χ1) is 12.5. The molecular formula is C21H20N2O2S. The molecule has 0 bridgehead atoms. The Morgan fingerprint density at radius 3 is 2.88 bits per heavy atom. The van der Waals surface area contributed by atoms with E-state index < -0.39 is 0 Å². The Labute approximate surface area is 157 Å². The number of hydrogen-bond acceptors (Lipinski definition) is 3. The van der Waals surface area contributed by atoms with Crippen molar-refractivity contribution in [2.24, 2.45) is 0 Å². The molecule has 2 heterocycles. The second kappa shape index (κ2) is 5.61. The van der Waals surface area contributed by atoms with Gasteiger partial charge < -0.3 is 10.2 Å². The van der Waals surface area contributed by atoms with Gasteiger partial charge in [-0.05, 0) is 54.2 Å². The van der Waals surface area contributed by atoms with Crippen LogP contribution in [0.3, 0.4) is 0 Å². The molecule has 2 saturated heterocycles. The highest BCUT2D eigenvalue weighted by Crippen LogP contribution is 2.47. The number of rotatable bonds is 2. The summed E-state index contributed by atoms with van der Waals surface area (Å²) in [6.45, 7) is 2.07. The third kappa shape index (κ3) is 2.30. The standard InChI is InChI=1S/C21H20N2O2S/c1-21-9-8-19(24)23(21)18(12-26-21)20(25)22-15-6-7-17-14(11-15)10-13-4-2-3-5-16(13)17/h2-7,11,18H,8-10,12H2,1H3,(H,22,25). The van der Waals surface area contributed by atoms with Crippen LogP contribution in [0.5, 0.6) is 0 Å². The Bertz CT molecular complexity index is 941. The number of benzene rings is 2. The van der Waals surface area contributed by atoms with Crippen molar-refractivity contribution in [1.82, 2.24) is 4.90 Å². The van der Waals surface area contributed by atoms with Crippen LogP contribution in [0.2, 0.25) is 0 Å². The Morgan fingerprint density at radius 2 is 2.00 bits per heavy atom. The van der Waals surface area contributed by atoms with Gasteiger partial charge in [0, 0.05) is 17.9 Å². The van der Waals surface area contributed by atoms with Gasteiger partial charge in [-0.15, -0.1) is 11.8 Å². The first kappa shape index (κ1) is 15.9. The number of carbonyl (C=O) groups excluding carboxylic acids is 2. The quantitative estimate of drug-likeness (QED) is 0.755. The van der Waals surface area contributed by atoms with Crippen LogP contribution < -0.4 is 5.32 Å². The van der Waals surface area contributed by atoms with Gasteiger partial charge in [0.05, 0.1) is 4.87 Å². The molecule has 2 atom stereocenters. The van der Waals surface area contributed by atoms with E-state index in [1.165, 1.54) is 22.3 Å². The van der Waals surface area contributed by atoms with E-state index in [4.69, 9.17) is 0 Å². The highest BCUT2D eigenvalue weighted by atomic mass is 32.2. The van der Waals surface area contributed by atoms with Crippen molar-refractivity contribution >= 4 is 29.3 Å². The summed E-state index contributed by atoms with van der Waals surface area (Å²) in [5, 5.41) is 3.04. The van der Waals surface area contributed by atoms with Crippen molar-refractivity contribution in [3.63, 3.8) is 0 Å². The van der Waals surface area contributed by atoms with Gasteiger partial charge >= 0.3 is 0 Å². The van der Waals surface area contributed by atoms with Gasteiger partial charge in [0.2, 0.25) is 11.8 Å². The summed E-state index contributed by atoms with van der Waals surface area (Å²) in [6.07, 6.45) is 2.28. The summed E-state index contributed by atoms with van der Waals surface area (Å²) in [5.41, 5.74) is 5.92. The van der Waals surface area contributed by atoms with Crippen molar-refractivity contribution in [2.75, 3.05) is 11.1 Å². The minimum Gasteiger partial charge on any atom is -0.324 e. The molecule has 26 heavy (non-hydrogen) atoms. The number of anilines is 1. The van der Waals surface area contributed by atoms with Crippen molar-refractivity contribution in [3.8, 4) is 11.1 Å². The first-order valence-electron chi connectivity index (χ1n) is 9.03. The Morgan fingerprint density at radius 1 is 1.19 bits per heavy atom. The molecule has 5 rings (SSSR count). The summed E-state index contributed by atoms with van der Waals surface area (Å²) in [5.74, 6) is 0.693. The minimum atomic E-state index is -0.370. The predicted octanol–water partition coefficient (Wildman–Crippen LogP) is 3.65. The van der Waals surface area contributed by atoms with Gasteiger partial charge in [-0.1, -0.05) is 30.3 Å². The fraction of sp³-hybridized carbons (Fsp3) is 0.333. The third-order valence-corrected chi connectivity index (χ3v) is 7.31. The molecule has 3 aliphatic rings. The molecule has 2 aliphatic heterocycles. The van der Waals surface area contributed by atoms with E-state index >= 15 is 0 Å². The summed E-state index contributed by atoms with van der Waals surface area (Å²) in [6, 6.07) is 14.2. The average molecular weight is 364 g/mol. The summed E-state index contributed by atoms with van der Waals surface area (Å²) in [4.78, 5) is 26.7. The van der Waals surface area contributed by atoms with Crippen LogP contribution in [0.15, 0.2) is 42.5 Å². The molecule has 1 N–H and O–H groups in total. The monoisotopic (exact) mass is 364 g/mol. The number of thioether (sulfide) groups is 1. The van der Waals surface area contributed by atoms with E-state index in [-0.39, 0.29) is 22.7 Å².